The zero-order valence-corrected chi connectivity index (χ0v) is 32.8. The van der Waals surface area contributed by atoms with Gasteiger partial charge in [0, 0.05) is 31.7 Å². The van der Waals surface area contributed by atoms with Gasteiger partial charge in [0.2, 0.25) is 0 Å². The lowest BCUT2D eigenvalue weighted by atomic mass is 9.43. The largest absolute Gasteiger partial charge is 0.481 e. The van der Waals surface area contributed by atoms with E-state index in [1.54, 1.807) is 0 Å². The summed E-state index contributed by atoms with van der Waals surface area (Å²) in [6.45, 7) is 15.7. The van der Waals surface area contributed by atoms with Crippen LogP contribution in [0.4, 0.5) is 0 Å². The van der Waals surface area contributed by atoms with Crippen LogP contribution < -0.4 is 16.8 Å². The summed E-state index contributed by atoms with van der Waals surface area (Å²) in [4.78, 5) is 11.1. The minimum absolute atomic E-state index is 0.143. The highest BCUT2D eigenvalue weighted by molar-refractivity contribution is 5.66. The minimum Gasteiger partial charge on any atom is -0.481 e. The van der Waals surface area contributed by atoms with E-state index in [-0.39, 0.29) is 35.6 Å². The van der Waals surface area contributed by atoms with Crippen LogP contribution in [-0.2, 0) is 19.0 Å². The van der Waals surface area contributed by atoms with Crippen LogP contribution in [0.1, 0.15) is 150 Å². The van der Waals surface area contributed by atoms with Crippen molar-refractivity contribution in [2.24, 2.45) is 57.8 Å². The number of carboxylic acid groups (broad SMARTS) is 1. The van der Waals surface area contributed by atoms with Crippen molar-refractivity contribution < 1.29 is 24.1 Å². The fraction of sp³-hybridized carbons (Fsp3) is 0.976. The maximum absolute atomic E-state index is 11.1. The number of fused-ring (bicyclic) bond motifs is 5. The SMILES string of the molecule is CCCCCCCCNCCC[C@@H](C)[C@H]1CC[C@H]2C3[C@H](OCCCN)CC4C[C@H](OCCCC(=O)O)CCC4(C)[C@H]3C[C@H](OCCCN)C12C. The Morgan fingerprint density at radius 1 is 0.820 bits per heavy atom. The van der Waals surface area contributed by atoms with Gasteiger partial charge in [-0.1, -0.05) is 59.8 Å². The summed E-state index contributed by atoms with van der Waals surface area (Å²) in [5.74, 6) is 2.87. The van der Waals surface area contributed by atoms with Crippen molar-refractivity contribution in [2.45, 2.75) is 168 Å². The second-order valence-corrected chi connectivity index (χ2v) is 17.5. The van der Waals surface area contributed by atoms with Crippen LogP contribution in [0, 0.1) is 46.3 Å². The Kier molecular flexibility index (Phi) is 17.8. The monoisotopic (exact) mass is 706 g/mol. The third kappa shape index (κ3) is 10.7. The van der Waals surface area contributed by atoms with Crippen LogP contribution in [0.15, 0.2) is 0 Å². The first-order valence-corrected chi connectivity index (χ1v) is 21.4. The first kappa shape index (κ1) is 42.0. The molecule has 0 amide bonds. The smallest absolute Gasteiger partial charge is 0.303 e. The van der Waals surface area contributed by atoms with Crippen molar-refractivity contribution in [3.8, 4) is 0 Å². The Balaban J connectivity index is 1.46. The Hall–Kier alpha value is -0.770. The summed E-state index contributed by atoms with van der Waals surface area (Å²) in [5.41, 5.74) is 12.3. The molecule has 50 heavy (non-hydrogen) atoms. The minimum atomic E-state index is -0.743. The van der Waals surface area contributed by atoms with Gasteiger partial charge in [-0.15, -0.1) is 0 Å². The first-order valence-electron chi connectivity index (χ1n) is 21.4. The highest BCUT2D eigenvalue weighted by Gasteiger charge is 2.66. The van der Waals surface area contributed by atoms with E-state index in [0.717, 1.165) is 64.8 Å². The lowest BCUT2D eigenvalue weighted by Crippen LogP contribution is -2.63. The third-order valence-electron chi connectivity index (χ3n) is 14.4. The van der Waals surface area contributed by atoms with E-state index in [9.17, 15) is 4.79 Å². The second kappa shape index (κ2) is 21.2. The van der Waals surface area contributed by atoms with E-state index in [2.05, 4.69) is 33.0 Å². The zero-order chi connectivity index (χ0) is 36.0. The van der Waals surface area contributed by atoms with E-state index < -0.39 is 5.97 Å². The van der Waals surface area contributed by atoms with Crippen molar-refractivity contribution in [3.63, 3.8) is 0 Å². The van der Waals surface area contributed by atoms with Gasteiger partial charge in [-0.25, -0.2) is 0 Å². The van der Waals surface area contributed by atoms with Crippen molar-refractivity contribution in [1.82, 2.24) is 5.32 Å². The molecule has 0 aromatic carbocycles. The number of unbranched alkanes of at least 4 members (excludes halogenated alkanes) is 5. The topological polar surface area (TPSA) is 129 Å². The number of nitrogens with one attached hydrogen (secondary N) is 1. The molecule has 0 aromatic heterocycles. The van der Waals surface area contributed by atoms with E-state index >= 15 is 0 Å². The molecule has 6 N–H and O–H groups in total. The fourth-order valence-corrected chi connectivity index (χ4v) is 11.6. The van der Waals surface area contributed by atoms with Gasteiger partial charge in [0.05, 0.1) is 18.3 Å². The van der Waals surface area contributed by atoms with E-state index in [0.29, 0.717) is 61.6 Å². The lowest BCUT2D eigenvalue weighted by molar-refractivity contribution is -0.227. The van der Waals surface area contributed by atoms with Crippen LogP contribution >= 0.6 is 0 Å². The molecule has 0 aliphatic heterocycles. The Morgan fingerprint density at radius 3 is 2.26 bits per heavy atom. The van der Waals surface area contributed by atoms with E-state index in [4.69, 9.17) is 30.8 Å². The average molecular weight is 706 g/mol. The maximum Gasteiger partial charge on any atom is 0.303 e. The molecule has 8 nitrogen and oxygen atoms in total. The van der Waals surface area contributed by atoms with Gasteiger partial charge >= 0.3 is 5.97 Å². The number of hydrogen-bond acceptors (Lipinski definition) is 7. The molecule has 8 heteroatoms. The summed E-state index contributed by atoms with van der Waals surface area (Å²) < 4.78 is 20.3. The van der Waals surface area contributed by atoms with Crippen molar-refractivity contribution >= 4 is 5.97 Å². The molecule has 11 atom stereocenters. The Morgan fingerprint density at radius 2 is 1.52 bits per heavy atom. The normalized spacial score (nSPS) is 35.7. The first-order chi connectivity index (χ1) is 24.2. The van der Waals surface area contributed by atoms with Crippen molar-refractivity contribution in [2.75, 3.05) is 46.0 Å². The van der Waals surface area contributed by atoms with Crippen LogP contribution in [0.5, 0.6) is 0 Å². The molecule has 4 unspecified atom stereocenters. The molecule has 0 aromatic rings. The number of ether oxygens (including phenoxy) is 3. The summed E-state index contributed by atoms with van der Waals surface area (Å²) in [5, 5.41) is 12.8. The van der Waals surface area contributed by atoms with Crippen LogP contribution in [-0.4, -0.2) is 75.4 Å². The molecule has 0 heterocycles. The van der Waals surface area contributed by atoms with E-state index in [1.165, 1.54) is 70.6 Å². The summed E-state index contributed by atoms with van der Waals surface area (Å²) in [6.07, 6.45) is 22.1. The van der Waals surface area contributed by atoms with E-state index in [1.807, 2.05) is 0 Å². The van der Waals surface area contributed by atoms with Gasteiger partial charge in [0.1, 0.15) is 0 Å². The quantitative estimate of drug-likeness (QED) is 0.0705. The fourth-order valence-electron chi connectivity index (χ4n) is 11.6. The van der Waals surface area contributed by atoms with Gasteiger partial charge < -0.3 is 36.1 Å². The molecular weight excluding hydrogens is 626 g/mol. The summed E-state index contributed by atoms with van der Waals surface area (Å²) in [7, 11) is 0. The maximum atomic E-state index is 11.1. The summed E-state index contributed by atoms with van der Waals surface area (Å²) >= 11 is 0. The zero-order valence-electron chi connectivity index (χ0n) is 32.8. The lowest BCUT2D eigenvalue weighted by Gasteiger charge is -2.65. The highest BCUT2D eigenvalue weighted by Crippen LogP contribution is 2.69. The molecule has 0 radical (unpaired) electrons. The molecule has 4 aliphatic rings. The molecule has 0 spiro atoms. The number of nitrogens with two attached hydrogens (primary N) is 2. The standard InChI is InChI=1S/C42H79N3O5/c1-5-6-7-8-9-10-23-45-24-11-15-31(2)34-17-18-35-40-36(30-38(42(34,35)4)50-27-14-22-44)41(3)20-19-33(48-25-12-16-39(46)47)28-32(41)29-37(40)49-26-13-21-43/h31-38,40,45H,5-30,43-44H2,1-4H3,(H,46,47)/t31-,32?,33-,34-,35+,36+,37-,38+,40?,41?,42?/m1/s1. The van der Waals surface area contributed by atoms with Gasteiger partial charge in [0.15, 0.2) is 0 Å². The average Bonchev–Trinajstić information content (AvgIpc) is 3.46. The number of rotatable bonds is 25. The number of aliphatic carboxylic acids is 1. The molecule has 0 saturated heterocycles. The van der Waals surface area contributed by atoms with Gasteiger partial charge in [-0.2, -0.15) is 0 Å². The Labute approximate surface area is 306 Å². The van der Waals surface area contributed by atoms with Crippen LogP contribution in [0.2, 0.25) is 0 Å². The summed E-state index contributed by atoms with van der Waals surface area (Å²) in [6, 6.07) is 0. The highest BCUT2D eigenvalue weighted by atomic mass is 16.5. The van der Waals surface area contributed by atoms with Crippen LogP contribution in [0.3, 0.4) is 0 Å². The molecule has 4 fully saturated rings. The molecule has 4 saturated carbocycles. The predicted molar refractivity (Wildman–Crippen MR) is 204 cm³/mol. The molecule has 292 valence electrons. The molecule has 4 aliphatic carbocycles. The van der Waals surface area contributed by atoms with Gasteiger partial charge in [-0.3, -0.25) is 4.79 Å². The molecular formula is C42H79N3O5. The van der Waals surface area contributed by atoms with Gasteiger partial charge in [0.25, 0.3) is 0 Å². The second-order valence-electron chi connectivity index (χ2n) is 17.5. The Bertz CT molecular complexity index is 970. The molecule has 4 rings (SSSR count). The van der Waals surface area contributed by atoms with Gasteiger partial charge in [-0.05, 0) is 151 Å². The number of carboxylic acids is 1. The number of hydrogen-bond donors (Lipinski definition) is 4. The van der Waals surface area contributed by atoms with Crippen LogP contribution in [0.25, 0.3) is 0 Å². The predicted octanol–water partition coefficient (Wildman–Crippen LogP) is 7.95. The van der Waals surface area contributed by atoms with Crippen molar-refractivity contribution in [3.05, 3.63) is 0 Å². The third-order valence-corrected chi connectivity index (χ3v) is 14.4. The number of carbonyl (C=O) groups is 1. The van der Waals surface area contributed by atoms with Crippen molar-refractivity contribution in [1.29, 1.82) is 0 Å². The molecule has 0 bridgehead atoms.